The zero-order valence-electron chi connectivity index (χ0n) is 35.6. The largest absolute Gasteiger partial charge is 0.513 e. The van der Waals surface area contributed by atoms with Gasteiger partial charge in [0.05, 0.1) is 17.4 Å². The molecule has 6 rings (SSSR count). The van der Waals surface area contributed by atoms with E-state index in [0.29, 0.717) is 30.6 Å². The Balaban J connectivity index is 1.09. The second kappa shape index (κ2) is 20.9. The molecule has 4 amide bonds. The second-order valence-electron chi connectivity index (χ2n) is 15.9. The molecular formula is C48H49N5O11. The summed E-state index contributed by atoms with van der Waals surface area (Å²) in [7, 11) is 0. The molecule has 0 unspecified atom stereocenters. The van der Waals surface area contributed by atoms with E-state index in [9.17, 15) is 34.1 Å². The van der Waals surface area contributed by atoms with Crippen LogP contribution in [0.1, 0.15) is 62.3 Å². The van der Waals surface area contributed by atoms with Crippen LogP contribution in [0.2, 0.25) is 0 Å². The quantitative estimate of drug-likeness (QED) is 0.0228. The first-order valence-corrected chi connectivity index (χ1v) is 20.6. The molecule has 1 aliphatic heterocycles. The van der Waals surface area contributed by atoms with Gasteiger partial charge in [-0.25, -0.2) is 14.4 Å². The number of nitro groups is 1. The van der Waals surface area contributed by atoms with Gasteiger partial charge in [0.2, 0.25) is 11.8 Å². The Morgan fingerprint density at radius 1 is 0.766 bits per heavy atom. The Hall–Kier alpha value is -7.75. The van der Waals surface area contributed by atoms with E-state index in [2.05, 4.69) is 16.0 Å². The standard InChI is InChI=1S/C48H49N5O11/c1-47(2,3)64-44(56)50-41(30-42(54)51-48(34-14-7-4-8-15-34,35-16-9-5-10-17-35)36-18-11-6-12-19-36)43(55)49-37-23-21-33(22-24-37)31-61-45(57)52-29-13-20-39(52)32-62-46(58)63-40-27-25-38(26-28-40)53(59)60/h4-12,14-19,21-28,39,41H,13,20,29-32H2,1-3H3,(H,49,55)(H,50,56)(H,51,54)/t39-,41-/m0/s1. The highest BCUT2D eigenvalue weighted by Crippen LogP contribution is 2.37. The van der Waals surface area contributed by atoms with Crippen LogP contribution >= 0.6 is 0 Å². The molecule has 0 saturated carbocycles. The summed E-state index contributed by atoms with van der Waals surface area (Å²) in [6, 6.07) is 38.1. The number of carbonyl (C=O) groups excluding carboxylic acids is 5. The van der Waals surface area contributed by atoms with Crippen LogP contribution in [0.15, 0.2) is 140 Å². The summed E-state index contributed by atoms with van der Waals surface area (Å²) >= 11 is 0. The first-order valence-electron chi connectivity index (χ1n) is 20.6. The molecule has 16 heteroatoms. The number of amides is 4. The van der Waals surface area contributed by atoms with Crippen molar-refractivity contribution in [3.05, 3.63) is 172 Å². The molecule has 1 aliphatic rings. The second-order valence-corrected chi connectivity index (χ2v) is 15.9. The Morgan fingerprint density at radius 3 is 1.86 bits per heavy atom. The lowest BCUT2D eigenvalue weighted by molar-refractivity contribution is -0.384. The number of carbonyl (C=O) groups is 5. The molecule has 5 aromatic carbocycles. The van der Waals surface area contributed by atoms with Gasteiger partial charge in [0.25, 0.3) is 5.69 Å². The molecule has 1 heterocycles. The van der Waals surface area contributed by atoms with Gasteiger partial charge in [-0.05, 0) is 80.1 Å². The van der Waals surface area contributed by atoms with Crippen LogP contribution < -0.4 is 20.7 Å². The molecule has 0 aromatic heterocycles. The van der Waals surface area contributed by atoms with E-state index in [4.69, 9.17) is 18.9 Å². The smallest absolute Gasteiger partial charge is 0.445 e. The van der Waals surface area contributed by atoms with Gasteiger partial charge < -0.3 is 39.8 Å². The molecule has 0 aliphatic carbocycles. The fourth-order valence-electron chi connectivity index (χ4n) is 7.20. The Kier molecular flexibility index (Phi) is 14.9. The number of nitrogens with one attached hydrogen (secondary N) is 3. The van der Waals surface area contributed by atoms with Crippen molar-refractivity contribution in [2.24, 2.45) is 0 Å². The van der Waals surface area contributed by atoms with Gasteiger partial charge >= 0.3 is 18.3 Å². The number of nitro benzene ring substituents is 1. The Morgan fingerprint density at radius 2 is 1.33 bits per heavy atom. The van der Waals surface area contributed by atoms with Gasteiger partial charge in [-0.15, -0.1) is 0 Å². The molecule has 1 saturated heterocycles. The molecule has 3 N–H and O–H groups in total. The molecule has 0 spiro atoms. The van der Waals surface area contributed by atoms with Crippen molar-refractivity contribution < 1.29 is 47.8 Å². The first-order chi connectivity index (χ1) is 30.7. The van der Waals surface area contributed by atoms with Gasteiger partial charge in [-0.1, -0.05) is 103 Å². The number of hydrogen-bond donors (Lipinski definition) is 3. The van der Waals surface area contributed by atoms with Crippen molar-refractivity contribution in [2.75, 3.05) is 18.5 Å². The highest BCUT2D eigenvalue weighted by Gasteiger charge is 2.39. The van der Waals surface area contributed by atoms with Crippen molar-refractivity contribution in [3.8, 4) is 5.75 Å². The van der Waals surface area contributed by atoms with E-state index in [1.165, 1.54) is 29.2 Å². The number of alkyl carbamates (subject to hydrolysis) is 1. The van der Waals surface area contributed by atoms with Crippen LogP contribution in [0.5, 0.6) is 5.75 Å². The minimum absolute atomic E-state index is 0.0670. The summed E-state index contributed by atoms with van der Waals surface area (Å²) in [5.41, 5.74) is 1.09. The summed E-state index contributed by atoms with van der Waals surface area (Å²) in [4.78, 5) is 78.4. The van der Waals surface area contributed by atoms with Gasteiger partial charge in [-0.3, -0.25) is 19.7 Å². The maximum atomic E-state index is 14.3. The highest BCUT2D eigenvalue weighted by atomic mass is 16.7. The molecule has 2 atom stereocenters. The molecule has 64 heavy (non-hydrogen) atoms. The van der Waals surface area contributed by atoms with Crippen molar-refractivity contribution in [2.45, 2.75) is 69.9 Å². The molecule has 1 fully saturated rings. The van der Waals surface area contributed by atoms with Crippen LogP contribution in [-0.4, -0.2) is 70.8 Å². The van der Waals surface area contributed by atoms with E-state index in [1.807, 2.05) is 91.0 Å². The number of likely N-dealkylation sites (tertiary alicyclic amines) is 1. The van der Waals surface area contributed by atoms with E-state index in [0.717, 1.165) is 16.7 Å². The predicted molar refractivity (Wildman–Crippen MR) is 235 cm³/mol. The third-order valence-electron chi connectivity index (χ3n) is 10.2. The Bertz CT molecular complexity index is 2300. The minimum atomic E-state index is -1.36. The van der Waals surface area contributed by atoms with Crippen molar-refractivity contribution in [1.82, 2.24) is 15.5 Å². The molecule has 0 bridgehead atoms. The third kappa shape index (κ3) is 12.2. The van der Waals surface area contributed by atoms with Gasteiger partial charge in [0.1, 0.15) is 36.1 Å². The molecule has 0 radical (unpaired) electrons. The summed E-state index contributed by atoms with van der Waals surface area (Å²) in [6.45, 7) is 5.20. The molecule has 332 valence electrons. The van der Waals surface area contributed by atoms with E-state index < -0.39 is 64.7 Å². The third-order valence-corrected chi connectivity index (χ3v) is 10.2. The van der Waals surface area contributed by atoms with Crippen LogP contribution in [0.3, 0.4) is 0 Å². The van der Waals surface area contributed by atoms with E-state index in [-0.39, 0.29) is 24.7 Å². The zero-order valence-corrected chi connectivity index (χ0v) is 35.6. The van der Waals surface area contributed by atoms with Crippen LogP contribution in [0.25, 0.3) is 0 Å². The lowest BCUT2D eigenvalue weighted by Crippen LogP contribution is -2.52. The van der Waals surface area contributed by atoms with E-state index >= 15 is 0 Å². The normalized spacial score (nSPS) is 14.0. The van der Waals surface area contributed by atoms with Crippen LogP contribution in [-0.2, 0) is 35.9 Å². The predicted octanol–water partition coefficient (Wildman–Crippen LogP) is 8.24. The van der Waals surface area contributed by atoms with Crippen molar-refractivity contribution >= 4 is 41.5 Å². The minimum Gasteiger partial charge on any atom is -0.445 e. The molecular weight excluding hydrogens is 823 g/mol. The SMILES string of the molecule is CC(C)(C)OC(=O)N[C@@H](CC(=O)NC(c1ccccc1)(c1ccccc1)c1ccccc1)C(=O)Nc1ccc(COC(=O)N2CCC[C@H]2COC(=O)Oc2ccc([N+](=O)[O-])cc2)cc1. The highest BCUT2D eigenvalue weighted by molar-refractivity contribution is 5.99. The number of non-ortho nitro benzene ring substituents is 1. The lowest BCUT2D eigenvalue weighted by Gasteiger charge is -2.37. The Labute approximate surface area is 370 Å². The number of rotatable bonds is 15. The van der Waals surface area contributed by atoms with Crippen LogP contribution in [0, 0.1) is 10.1 Å². The number of ether oxygens (including phenoxy) is 4. The fraction of sp³-hybridized carbons (Fsp3) is 0.271. The number of anilines is 1. The lowest BCUT2D eigenvalue weighted by atomic mass is 9.77. The maximum Gasteiger partial charge on any atom is 0.513 e. The first kappa shape index (κ1) is 45.8. The summed E-state index contributed by atoms with van der Waals surface area (Å²) in [5.74, 6) is -1.14. The number of nitrogens with zero attached hydrogens (tertiary/aromatic N) is 2. The molecule has 5 aromatic rings. The summed E-state index contributed by atoms with van der Waals surface area (Å²) in [6.07, 6.45) is -1.74. The van der Waals surface area contributed by atoms with Crippen molar-refractivity contribution in [3.63, 3.8) is 0 Å². The topological polar surface area (TPSA) is 205 Å². The average Bonchev–Trinajstić information content (AvgIpc) is 3.76. The summed E-state index contributed by atoms with van der Waals surface area (Å²) in [5, 5.41) is 19.5. The average molecular weight is 872 g/mol. The van der Waals surface area contributed by atoms with Gasteiger partial charge in [0, 0.05) is 24.4 Å². The number of benzene rings is 5. The van der Waals surface area contributed by atoms with Crippen LogP contribution in [0.4, 0.5) is 25.8 Å². The summed E-state index contributed by atoms with van der Waals surface area (Å²) < 4.78 is 21.3. The fourth-order valence-corrected chi connectivity index (χ4v) is 7.20. The number of hydrogen-bond acceptors (Lipinski definition) is 11. The maximum absolute atomic E-state index is 14.3. The zero-order chi connectivity index (χ0) is 45.7. The van der Waals surface area contributed by atoms with Crippen molar-refractivity contribution in [1.29, 1.82) is 0 Å². The van der Waals surface area contributed by atoms with Gasteiger partial charge in [-0.2, -0.15) is 0 Å². The van der Waals surface area contributed by atoms with E-state index in [1.54, 1.807) is 45.0 Å². The monoisotopic (exact) mass is 871 g/mol. The molecule has 16 nitrogen and oxygen atoms in total. The van der Waals surface area contributed by atoms with Gasteiger partial charge in [0.15, 0.2) is 0 Å².